The van der Waals surface area contributed by atoms with Crippen molar-refractivity contribution in [2.75, 3.05) is 20.2 Å². The lowest BCUT2D eigenvalue weighted by Crippen LogP contribution is -2.24. The molecule has 3 aromatic rings. The Morgan fingerprint density at radius 3 is 2.77 bits per heavy atom. The van der Waals surface area contributed by atoms with E-state index in [-0.39, 0.29) is 11.9 Å². The van der Waals surface area contributed by atoms with Crippen LogP contribution in [0.1, 0.15) is 33.5 Å². The highest BCUT2D eigenvalue weighted by Crippen LogP contribution is 2.31. The highest BCUT2D eigenvalue weighted by molar-refractivity contribution is 7.10. The molecule has 0 saturated heterocycles. The zero-order valence-electron chi connectivity index (χ0n) is 15.3. The summed E-state index contributed by atoms with van der Waals surface area (Å²) < 4.78 is 19.5. The number of aryl methyl sites for hydroxylation is 2. The third-order valence-electron chi connectivity index (χ3n) is 4.25. The minimum atomic E-state index is -0.199. The number of hydrogen-bond acceptors (Lipinski definition) is 4. The van der Waals surface area contributed by atoms with Gasteiger partial charge in [0.05, 0.1) is 18.0 Å². The van der Waals surface area contributed by atoms with E-state index in [1.165, 1.54) is 16.5 Å². The van der Waals surface area contributed by atoms with Crippen LogP contribution < -0.4 is 0 Å². The molecule has 0 aliphatic carbocycles. The molecule has 0 fully saturated rings. The van der Waals surface area contributed by atoms with E-state index in [1.807, 2.05) is 26.1 Å². The molecule has 1 unspecified atom stereocenters. The number of nitrogens with one attached hydrogen (secondary N) is 1. The Kier molecular flexibility index (Phi) is 6.19. The second-order valence-corrected chi connectivity index (χ2v) is 7.50. The summed E-state index contributed by atoms with van der Waals surface area (Å²) in [6.07, 6.45) is -0.140. The van der Waals surface area contributed by atoms with Gasteiger partial charge in [-0.2, -0.15) is 5.10 Å². The average molecular weight is 373 g/mol. The van der Waals surface area contributed by atoms with Crippen molar-refractivity contribution in [3.8, 4) is 0 Å². The van der Waals surface area contributed by atoms with Crippen LogP contribution in [0.2, 0.25) is 0 Å². The summed E-state index contributed by atoms with van der Waals surface area (Å²) in [6.45, 7) is 6.08. The van der Waals surface area contributed by atoms with E-state index in [0.29, 0.717) is 13.2 Å². The zero-order valence-corrected chi connectivity index (χ0v) is 16.1. The van der Waals surface area contributed by atoms with Crippen molar-refractivity contribution < 1.29 is 9.13 Å². The maximum atomic E-state index is 13.3. The topological polar surface area (TPSA) is 41.1 Å². The van der Waals surface area contributed by atoms with E-state index in [2.05, 4.69) is 33.5 Å². The molecule has 2 heterocycles. The lowest BCUT2D eigenvalue weighted by molar-refractivity contribution is 0.0628. The van der Waals surface area contributed by atoms with Crippen LogP contribution in [0.25, 0.3) is 0 Å². The van der Waals surface area contributed by atoms with Crippen molar-refractivity contribution in [2.45, 2.75) is 26.5 Å². The number of H-pyrrole nitrogens is 1. The van der Waals surface area contributed by atoms with Crippen molar-refractivity contribution in [3.05, 3.63) is 75.0 Å². The van der Waals surface area contributed by atoms with Gasteiger partial charge in [-0.3, -0.25) is 10.00 Å². The van der Waals surface area contributed by atoms with Gasteiger partial charge in [0, 0.05) is 18.0 Å². The maximum Gasteiger partial charge on any atom is 0.133 e. The Balaban J connectivity index is 1.60. The number of hydrogen-bond donors (Lipinski definition) is 1. The number of halogens is 1. The molecule has 4 nitrogen and oxygen atoms in total. The summed E-state index contributed by atoms with van der Waals surface area (Å²) in [6, 6.07) is 10.8. The molecule has 1 aromatic carbocycles. The summed E-state index contributed by atoms with van der Waals surface area (Å²) >= 11 is 1.70. The van der Waals surface area contributed by atoms with Gasteiger partial charge in [-0.15, -0.1) is 11.3 Å². The van der Waals surface area contributed by atoms with Gasteiger partial charge >= 0.3 is 0 Å². The molecule has 0 amide bonds. The fourth-order valence-corrected chi connectivity index (χ4v) is 3.88. The number of aromatic nitrogens is 2. The number of rotatable bonds is 8. The number of benzene rings is 1. The van der Waals surface area contributed by atoms with Crippen LogP contribution in [0.5, 0.6) is 0 Å². The molecule has 1 atom stereocenters. The zero-order chi connectivity index (χ0) is 18.5. The third-order valence-corrected chi connectivity index (χ3v) is 5.31. The van der Waals surface area contributed by atoms with Crippen LogP contribution in [-0.4, -0.2) is 35.3 Å². The van der Waals surface area contributed by atoms with Gasteiger partial charge in [0.15, 0.2) is 0 Å². The summed E-state index contributed by atoms with van der Waals surface area (Å²) in [7, 11) is 2.01. The SMILES string of the molecule is Cc1cc(C(OCCN(C)Cc2cccc(F)c2)c2sccc2C)[nH]n1. The molecule has 0 aliphatic heterocycles. The van der Waals surface area contributed by atoms with Crippen LogP contribution in [0.4, 0.5) is 4.39 Å². The fourth-order valence-electron chi connectivity index (χ4n) is 2.89. The third kappa shape index (κ3) is 4.78. The standard InChI is InChI=1S/C20H24FN3OS/c1-14-7-10-26-20(14)19(18-11-15(2)22-23-18)25-9-8-24(3)13-16-5-4-6-17(21)12-16/h4-7,10-12,19H,8-9,13H2,1-3H3,(H,22,23). The summed E-state index contributed by atoms with van der Waals surface area (Å²) in [5, 5.41) is 9.40. The normalized spacial score (nSPS) is 12.7. The highest BCUT2D eigenvalue weighted by Gasteiger charge is 2.20. The Labute approximate surface area is 157 Å². The quantitative estimate of drug-likeness (QED) is 0.634. The van der Waals surface area contributed by atoms with E-state index in [0.717, 1.165) is 23.5 Å². The van der Waals surface area contributed by atoms with Crippen LogP contribution in [-0.2, 0) is 11.3 Å². The maximum absolute atomic E-state index is 13.3. The van der Waals surface area contributed by atoms with Gasteiger partial charge in [0.2, 0.25) is 0 Å². The monoisotopic (exact) mass is 373 g/mol. The average Bonchev–Trinajstić information content (AvgIpc) is 3.20. The molecule has 0 saturated carbocycles. The van der Waals surface area contributed by atoms with E-state index >= 15 is 0 Å². The highest BCUT2D eigenvalue weighted by atomic mass is 32.1. The first-order chi connectivity index (χ1) is 12.5. The van der Waals surface area contributed by atoms with Crippen LogP contribution in [0.3, 0.4) is 0 Å². The first-order valence-electron chi connectivity index (χ1n) is 8.63. The van der Waals surface area contributed by atoms with E-state index in [9.17, 15) is 4.39 Å². The smallest absolute Gasteiger partial charge is 0.133 e. The van der Waals surface area contributed by atoms with Gasteiger partial charge in [-0.05, 0) is 61.7 Å². The van der Waals surface area contributed by atoms with E-state index in [4.69, 9.17) is 4.74 Å². The lowest BCUT2D eigenvalue weighted by Gasteiger charge is -2.20. The largest absolute Gasteiger partial charge is 0.365 e. The van der Waals surface area contributed by atoms with E-state index in [1.54, 1.807) is 23.5 Å². The molecule has 0 aliphatic rings. The Morgan fingerprint density at radius 2 is 2.12 bits per heavy atom. The molecule has 6 heteroatoms. The van der Waals surface area contributed by atoms with Gasteiger partial charge in [-0.25, -0.2) is 4.39 Å². The van der Waals surface area contributed by atoms with Crippen LogP contribution >= 0.6 is 11.3 Å². The van der Waals surface area contributed by atoms with Gasteiger partial charge < -0.3 is 4.74 Å². The lowest BCUT2D eigenvalue weighted by atomic mass is 10.1. The molecular weight excluding hydrogens is 349 g/mol. The molecule has 138 valence electrons. The molecule has 2 aromatic heterocycles. The summed E-state index contributed by atoms with van der Waals surface area (Å²) in [5.74, 6) is -0.199. The van der Waals surface area contributed by atoms with Gasteiger partial charge in [-0.1, -0.05) is 12.1 Å². The second kappa shape index (κ2) is 8.58. The molecule has 0 spiro atoms. The van der Waals surface area contributed by atoms with Crippen LogP contribution in [0, 0.1) is 19.7 Å². The minimum absolute atomic E-state index is 0.140. The number of thiophene rings is 1. The Bertz CT molecular complexity index is 845. The molecule has 0 radical (unpaired) electrons. The number of nitrogens with zero attached hydrogens (tertiary/aromatic N) is 2. The predicted octanol–water partition coefficient (Wildman–Crippen LogP) is 4.47. The number of ether oxygens (including phenoxy) is 1. The minimum Gasteiger partial charge on any atom is -0.365 e. The van der Waals surface area contributed by atoms with Crippen molar-refractivity contribution >= 4 is 11.3 Å². The van der Waals surface area contributed by atoms with Crippen molar-refractivity contribution in [1.29, 1.82) is 0 Å². The molecule has 3 rings (SSSR count). The fraction of sp³-hybridized carbons (Fsp3) is 0.350. The Hall–Kier alpha value is -2.02. The van der Waals surface area contributed by atoms with Gasteiger partial charge in [0.1, 0.15) is 11.9 Å². The summed E-state index contributed by atoms with van der Waals surface area (Å²) in [5.41, 5.74) is 4.11. The summed E-state index contributed by atoms with van der Waals surface area (Å²) in [4.78, 5) is 3.33. The number of likely N-dealkylation sites (N-methyl/N-ethyl adjacent to an activating group) is 1. The molecular formula is C20H24FN3OS. The molecule has 26 heavy (non-hydrogen) atoms. The predicted molar refractivity (Wildman–Crippen MR) is 103 cm³/mol. The molecule has 1 N–H and O–H groups in total. The first-order valence-corrected chi connectivity index (χ1v) is 9.51. The first kappa shape index (κ1) is 18.8. The second-order valence-electron chi connectivity index (χ2n) is 6.55. The van der Waals surface area contributed by atoms with Gasteiger partial charge in [0.25, 0.3) is 0 Å². The van der Waals surface area contributed by atoms with Crippen molar-refractivity contribution in [2.24, 2.45) is 0 Å². The van der Waals surface area contributed by atoms with Crippen LogP contribution in [0.15, 0.2) is 41.8 Å². The van der Waals surface area contributed by atoms with Crippen molar-refractivity contribution in [1.82, 2.24) is 15.1 Å². The van der Waals surface area contributed by atoms with Crippen molar-refractivity contribution in [3.63, 3.8) is 0 Å². The number of aromatic amines is 1. The van der Waals surface area contributed by atoms with E-state index < -0.39 is 0 Å². The molecule has 0 bridgehead atoms. The Morgan fingerprint density at radius 1 is 1.27 bits per heavy atom.